The third-order valence-electron chi connectivity index (χ3n) is 1.77. The molecule has 0 saturated heterocycles. The van der Waals surface area contributed by atoms with Gasteiger partial charge in [-0.1, -0.05) is 0 Å². The summed E-state index contributed by atoms with van der Waals surface area (Å²) in [6.07, 6.45) is 0. The van der Waals surface area contributed by atoms with E-state index in [0.29, 0.717) is 18.0 Å². The fourth-order valence-corrected chi connectivity index (χ4v) is 2.76. The van der Waals surface area contributed by atoms with E-state index in [2.05, 4.69) is 30.3 Å². The van der Waals surface area contributed by atoms with Crippen molar-refractivity contribution in [1.82, 2.24) is 0 Å². The fraction of sp³-hybridized carbons (Fsp3) is 0. The summed E-state index contributed by atoms with van der Waals surface area (Å²) in [6, 6.07) is 18.5. The van der Waals surface area contributed by atoms with Gasteiger partial charge in [0.1, 0.15) is 0 Å². The number of hydrogen-bond acceptors (Lipinski definition) is 1. The van der Waals surface area contributed by atoms with E-state index < -0.39 is 0 Å². The van der Waals surface area contributed by atoms with E-state index in [4.69, 9.17) is 5.73 Å². The first-order valence-electron chi connectivity index (χ1n) is 4.34. The Morgan fingerprint density at radius 3 is 2.07 bits per heavy atom. The van der Waals surface area contributed by atoms with Crippen molar-refractivity contribution in [3.8, 4) is 0 Å². The molecule has 0 radical (unpaired) electrons. The van der Waals surface area contributed by atoms with Crippen molar-refractivity contribution in [3.05, 3.63) is 54.6 Å². The van der Waals surface area contributed by atoms with Crippen LogP contribution in [0.1, 0.15) is 0 Å². The Hall–Kier alpha value is -0.808. The molecule has 3 heteroatoms. The van der Waals surface area contributed by atoms with Crippen LogP contribution >= 0.6 is 12.4 Å². The molecule has 0 aliphatic rings. The minimum absolute atomic E-state index is 0. The second-order valence-corrected chi connectivity index (χ2v) is 4.95. The number of anilines is 1. The van der Waals surface area contributed by atoms with Crippen LogP contribution in [0.2, 0.25) is 0 Å². The van der Waals surface area contributed by atoms with Crippen LogP contribution in [-0.4, -0.2) is 0 Å². The predicted octanol–water partition coefficient (Wildman–Crippen LogP) is 1.72. The van der Waals surface area contributed by atoms with Crippen molar-refractivity contribution in [3.63, 3.8) is 0 Å². The van der Waals surface area contributed by atoms with Gasteiger partial charge in [-0.05, 0) is 0 Å². The third kappa shape index (κ3) is 3.36. The Balaban J connectivity index is 0.00000112. The van der Waals surface area contributed by atoms with Gasteiger partial charge in [0.05, 0.1) is 0 Å². The van der Waals surface area contributed by atoms with Gasteiger partial charge in [0.2, 0.25) is 0 Å². The SMILES string of the molecule is Cl.Nc1cccc[c]1[Pd][c]1ccccc1. The van der Waals surface area contributed by atoms with Crippen LogP contribution in [0.3, 0.4) is 0 Å². The third-order valence-corrected chi connectivity index (χ3v) is 3.86. The van der Waals surface area contributed by atoms with Crippen LogP contribution in [0, 0.1) is 0 Å². The summed E-state index contributed by atoms with van der Waals surface area (Å²) in [5, 5.41) is 0. The molecule has 1 nitrogen and oxygen atoms in total. The summed E-state index contributed by atoms with van der Waals surface area (Å²) in [5.41, 5.74) is 6.77. The van der Waals surface area contributed by atoms with Crippen molar-refractivity contribution >= 4 is 26.2 Å². The maximum atomic E-state index is 5.88. The summed E-state index contributed by atoms with van der Waals surface area (Å²) in [6.45, 7) is 0. The van der Waals surface area contributed by atoms with Gasteiger partial charge in [0.25, 0.3) is 0 Å². The van der Waals surface area contributed by atoms with E-state index in [1.165, 1.54) is 8.07 Å². The van der Waals surface area contributed by atoms with Gasteiger partial charge in [-0.15, -0.1) is 12.4 Å². The molecule has 0 fully saturated rings. The number of rotatable bonds is 2. The van der Waals surface area contributed by atoms with Gasteiger partial charge in [0, 0.05) is 0 Å². The molecule has 0 saturated carbocycles. The number of benzene rings is 2. The number of nitrogen functional groups attached to an aromatic ring is 1. The summed E-state index contributed by atoms with van der Waals surface area (Å²) in [7, 11) is 0. The number of nitrogens with two attached hydrogens (primary N) is 1. The monoisotopic (exact) mass is 311 g/mol. The molecule has 0 aromatic heterocycles. The quantitative estimate of drug-likeness (QED) is 0.663. The molecule has 2 aromatic carbocycles. The molecule has 82 valence electrons. The normalized spacial score (nSPS) is 9.60. The van der Waals surface area contributed by atoms with E-state index in [1.807, 2.05) is 24.3 Å². The zero-order valence-electron chi connectivity index (χ0n) is 8.00. The molecule has 0 aliphatic carbocycles. The van der Waals surface area contributed by atoms with Crippen LogP contribution in [0.5, 0.6) is 0 Å². The summed E-state index contributed by atoms with van der Waals surface area (Å²) >= 11 is 0.443. The van der Waals surface area contributed by atoms with Gasteiger partial charge < -0.3 is 0 Å². The van der Waals surface area contributed by atoms with E-state index in [9.17, 15) is 0 Å². The molecule has 2 N–H and O–H groups in total. The summed E-state index contributed by atoms with van der Waals surface area (Å²) in [4.78, 5) is 0. The van der Waals surface area contributed by atoms with E-state index in [0.717, 1.165) is 5.69 Å². The fourth-order valence-electron chi connectivity index (χ4n) is 1.09. The molecular weight excluding hydrogens is 300 g/mol. The topological polar surface area (TPSA) is 26.0 Å². The van der Waals surface area contributed by atoms with Gasteiger partial charge in [0.15, 0.2) is 0 Å². The molecular formula is C12H12ClNPd. The van der Waals surface area contributed by atoms with Crippen molar-refractivity contribution in [2.75, 3.05) is 5.73 Å². The molecule has 0 spiro atoms. The maximum absolute atomic E-state index is 5.88. The van der Waals surface area contributed by atoms with Gasteiger partial charge in [-0.3, -0.25) is 0 Å². The predicted molar refractivity (Wildman–Crippen MR) is 63.8 cm³/mol. The molecule has 2 rings (SSSR count). The van der Waals surface area contributed by atoms with E-state index in [-0.39, 0.29) is 12.4 Å². The van der Waals surface area contributed by atoms with Gasteiger partial charge >= 0.3 is 92.1 Å². The number of halogens is 1. The standard InChI is InChI=1S/C6H6N.C6H5.ClH.Pd/c7-6-4-2-1-3-5-6;1-2-4-6-5-3-1;;/h1-4H,7H2;1-5H;1H;. The molecule has 0 unspecified atom stereocenters. The second-order valence-electron chi connectivity index (χ2n) is 2.83. The van der Waals surface area contributed by atoms with Crippen LogP contribution in [0.25, 0.3) is 0 Å². The first-order valence-corrected chi connectivity index (χ1v) is 5.90. The first-order chi connectivity index (χ1) is 6.86. The molecule has 0 heterocycles. The van der Waals surface area contributed by atoms with Crippen molar-refractivity contribution in [2.45, 2.75) is 0 Å². The van der Waals surface area contributed by atoms with Crippen LogP contribution in [0.4, 0.5) is 5.69 Å². The van der Waals surface area contributed by atoms with Crippen molar-refractivity contribution in [1.29, 1.82) is 0 Å². The zero-order chi connectivity index (χ0) is 9.80. The Bertz CT molecular complexity index is 417. The first kappa shape index (κ1) is 12.3. The summed E-state index contributed by atoms with van der Waals surface area (Å²) < 4.78 is 2.59. The van der Waals surface area contributed by atoms with Crippen LogP contribution in [-0.2, 0) is 18.0 Å². The van der Waals surface area contributed by atoms with E-state index in [1.54, 1.807) is 0 Å². The molecule has 0 aliphatic heterocycles. The molecule has 0 bridgehead atoms. The van der Waals surface area contributed by atoms with Crippen LogP contribution in [0.15, 0.2) is 54.6 Å². The second kappa shape index (κ2) is 5.93. The molecule has 15 heavy (non-hydrogen) atoms. The average molecular weight is 312 g/mol. The van der Waals surface area contributed by atoms with E-state index >= 15 is 0 Å². The Morgan fingerprint density at radius 2 is 1.40 bits per heavy atom. The van der Waals surface area contributed by atoms with Gasteiger partial charge in [-0.2, -0.15) is 0 Å². The van der Waals surface area contributed by atoms with Crippen LogP contribution < -0.4 is 13.8 Å². The van der Waals surface area contributed by atoms with Crippen molar-refractivity contribution < 1.29 is 18.0 Å². The molecule has 0 atom stereocenters. The Morgan fingerprint density at radius 1 is 0.800 bits per heavy atom. The average Bonchev–Trinajstić information content (AvgIpc) is 2.23. The number of para-hydroxylation sites is 1. The molecule has 2 aromatic rings. The molecule has 0 amide bonds. The number of hydrogen-bond donors (Lipinski definition) is 1. The van der Waals surface area contributed by atoms with Gasteiger partial charge in [-0.25, -0.2) is 0 Å². The van der Waals surface area contributed by atoms with Crippen molar-refractivity contribution in [2.24, 2.45) is 0 Å². The Labute approximate surface area is 104 Å². The summed E-state index contributed by atoms with van der Waals surface area (Å²) in [5.74, 6) is 0. The zero-order valence-corrected chi connectivity index (χ0v) is 10.4. The minimum atomic E-state index is 0. The Kier molecular flexibility index (Phi) is 4.84.